The second-order valence-corrected chi connectivity index (χ2v) is 6.35. The molecule has 1 fully saturated rings. The Labute approximate surface area is 166 Å². The van der Waals surface area contributed by atoms with E-state index >= 15 is 0 Å². The molecule has 1 aliphatic heterocycles. The SMILES string of the molecule is CCOc1cc(/C=C2/NC(=O)N(Cc3ccccc3F)C2=O)cc(Cl)c1OC. The highest BCUT2D eigenvalue weighted by molar-refractivity contribution is 6.32. The lowest BCUT2D eigenvalue weighted by molar-refractivity contribution is -0.123. The molecule has 3 amide bonds. The van der Waals surface area contributed by atoms with Gasteiger partial charge in [-0.1, -0.05) is 29.8 Å². The molecule has 0 aromatic heterocycles. The summed E-state index contributed by atoms with van der Waals surface area (Å²) in [7, 11) is 1.48. The summed E-state index contributed by atoms with van der Waals surface area (Å²) in [5.41, 5.74) is 0.856. The maximum absolute atomic E-state index is 13.8. The first kappa shape index (κ1) is 19.7. The van der Waals surface area contributed by atoms with E-state index < -0.39 is 17.8 Å². The van der Waals surface area contributed by atoms with Crippen LogP contribution in [0.4, 0.5) is 9.18 Å². The van der Waals surface area contributed by atoms with Crippen molar-refractivity contribution in [3.8, 4) is 11.5 Å². The number of hydrogen-bond acceptors (Lipinski definition) is 4. The van der Waals surface area contributed by atoms with Gasteiger partial charge in [0.2, 0.25) is 0 Å². The molecule has 0 aliphatic carbocycles. The number of ether oxygens (including phenoxy) is 2. The molecule has 3 rings (SSSR count). The number of rotatable bonds is 6. The van der Waals surface area contributed by atoms with Crippen LogP contribution >= 0.6 is 11.6 Å². The van der Waals surface area contributed by atoms with Gasteiger partial charge in [-0.25, -0.2) is 9.18 Å². The molecule has 0 radical (unpaired) electrons. The number of hydrogen-bond donors (Lipinski definition) is 1. The standard InChI is InChI=1S/C20H18ClFN2O4/c1-3-28-17-10-12(8-14(21)18(17)27-2)9-16-19(25)24(20(26)23-16)11-13-6-4-5-7-15(13)22/h4-10H,3,11H2,1-2H3,(H,23,26)/b16-9+. The maximum Gasteiger partial charge on any atom is 0.329 e. The third-order valence-corrected chi connectivity index (χ3v) is 4.38. The van der Waals surface area contributed by atoms with Crippen LogP contribution in [0.5, 0.6) is 11.5 Å². The largest absolute Gasteiger partial charge is 0.491 e. The molecule has 0 atom stereocenters. The zero-order valence-corrected chi connectivity index (χ0v) is 16.0. The zero-order chi connectivity index (χ0) is 20.3. The highest BCUT2D eigenvalue weighted by atomic mass is 35.5. The Morgan fingerprint density at radius 2 is 2.00 bits per heavy atom. The smallest absolute Gasteiger partial charge is 0.329 e. The predicted molar refractivity (Wildman–Crippen MR) is 103 cm³/mol. The first-order chi connectivity index (χ1) is 13.4. The fraction of sp³-hybridized carbons (Fsp3) is 0.200. The van der Waals surface area contributed by atoms with Crippen molar-refractivity contribution >= 4 is 29.6 Å². The van der Waals surface area contributed by atoms with Gasteiger partial charge in [0.1, 0.15) is 11.5 Å². The van der Waals surface area contributed by atoms with Gasteiger partial charge in [-0.3, -0.25) is 9.69 Å². The van der Waals surface area contributed by atoms with Crippen molar-refractivity contribution in [1.29, 1.82) is 0 Å². The summed E-state index contributed by atoms with van der Waals surface area (Å²) in [4.78, 5) is 25.8. The van der Waals surface area contributed by atoms with Crippen molar-refractivity contribution in [2.24, 2.45) is 0 Å². The van der Waals surface area contributed by atoms with Gasteiger partial charge in [-0.05, 0) is 36.8 Å². The Hall–Kier alpha value is -3.06. The third-order valence-electron chi connectivity index (χ3n) is 4.10. The average Bonchev–Trinajstić information content (AvgIpc) is 2.91. The topological polar surface area (TPSA) is 67.9 Å². The van der Waals surface area contributed by atoms with Crippen molar-refractivity contribution in [3.05, 3.63) is 64.1 Å². The van der Waals surface area contributed by atoms with Crippen LogP contribution in [0, 0.1) is 5.82 Å². The fourth-order valence-corrected chi connectivity index (χ4v) is 3.11. The van der Waals surface area contributed by atoms with Crippen LogP contribution in [-0.4, -0.2) is 30.6 Å². The molecule has 2 aromatic carbocycles. The molecule has 8 heteroatoms. The van der Waals surface area contributed by atoms with Crippen molar-refractivity contribution in [2.75, 3.05) is 13.7 Å². The second kappa shape index (κ2) is 8.31. The van der Waals surface area contributed by atoms with E-state index in [-0.39, 0.29) is 17.8 Å². The normalized spacial score (nSPS) is 15.1. The van der Waals surface area contributed by atoms with Gasteiger partial charge in [0.25, 0.3) is 5.91 Å². The Bertz CT molecular complexity index is 961. The number of carbonyl (C=O) groups excluding carboxylic acids is 2. The van der Waals surface area contributed by atoms with Gasteiger partial charge < -0.3 is 14.8 Å². The number of imide groups is 1. The summed E-state index contributed by atoms with van der Waals surface area (Å²) in [6, 6.07) is 8.61. The minimum atomic E-state index is -0.621. The summed E-state index contributed by atoms with van der Waals surface area (Å²) >= 11 is 6.22. The molecule has 0 saturated carbocycles. The highest BCUT2D eigenvalue weighted by Crippen LogP contribution is 2.37. The molecule has 6 nitrogen and oxygen atoms in total. The van der Waals surface area contributed by atoms with Gasteiger partial charge in [-0.15, -0.1) is 0 Å². The minimum Gasteiger partial charge on any atom is -0.491 e. The van der Waals surface area contributed by atoms with Crippen LogP contribution in [0.2, 0.25) is 5.02 Å². The van der Waals surface area contributed by atoms with E-state index in [1.54, 1.807) is 24.3 Å². The number of urea groups is 1. The second-order valence-electron chi connectivity index (χ2n) is 5.94. The third kappa shape index (κ3) is 3.94. The fourth-order valence-electron chi connectivity index (χ4n) is 2.81. The first-order valence-corrected chi connectivity index (χ1v) is 8.90. The van der Waals surface area contributed by atoms with Crippen LogP contribution in [0.25, 0.3) is 6.08 Å². The van der Waals surface area contributed by atoms with E-state index in [4.69, 9.17) is 21.1 Å². The molecule has 0 spiro atoms. The molecule has 2 aromatic rings. The lowest BCUT2D eigenvalue weighted by Crippen LogP contribution is -2.30. The quantitative estimate of drug-likeness (QED) is 0.584. The van der Waals surface area contributed by atoms with E-state index in [0.717, 1.165) is 4.90 Å². The van der Waals surface area contributed by atoms with E-state index in [9.17, 15) is 14.0 Å². The van der Waals surface area contributed by atoms with Gasteiger partial charge in [0, 0.05) is 5.56 Å². The molecular weight excluding hydrogens is 387 g/mol. The van der Waals surface area contributed by atoms with Crippen LogP contribution in [0.3, 0.4) is 0 Å². The van der Waals surface area contributed by atoms with Gasteiger partial charge >= 0.3 is 6.03 Å². The predicted octanol–water partition coefficient (Wildman–Crippen LogP) is 3.98. The van der Waals surface area contributed by atoms with Crippen LogP contribution in [0.15, 0.2) is 42.1 Å². The summed E-state index contributed by atoms with van der Waals surface area (Å²) < 4.78 is 24.6. The van der Waals surface area contributed by atoms with Gasteiger partial charge in [0.15, 0.2) is 11.5 Å². The number of halogens is 2. The molecule has 146 valence electrons. The van der Waals surface area contributed by atoms with E-state index in [1.807, 2.05) is 6.92 Å². The summed E-state index contributed by atoms with van der Waals surface area (Å²) in [5.74, 6) is -0.236. The van der Waals surface area contributed by atoms with Crippen LogP contribution < -0.4 is 14.8 Å². The first-order valence-electron chi connectivity index (χ1n) is 8.52. The molecule has 1 saturated heterocycles. The monoisotopic (exact) mass is 404 g/mol. The molecule has 28 heavy (non-hydrogen) atoms. The average molecular weight is 405 g/mol. The van der Waals surface area contributed by atoms with E-state index in [1.165, 1.54) is 25.3 Å². The summed E-state index contributed by atoms with van der Waals surface area (Å²) in [6.07, 6.45) is 1.48. The molecule has 1 heterocycles. The van der Waals surface area contributed by atoms with E-state index in [2.05, 4.69) is 5.32 Å². The number of methoxy groups -OCH3 is 1. The molecular formula is C20H18ClFN2O4. The number of nitrogens with one attached hydrogen (secondary N) is 1. The number of carbonyl (C=O) groups is 2. The van der Waals surface area contributed by atoms with Crippen molar-refractivity contribution in [1.82, 2.24) is 10.2 Å². The Kier molecular flexibility index (Phi) is 5.84. The Morgan fingerprint density at radius 3 is 2.68 bits per heavy atom. The van der Waals surface area contributed by atoms with Crippen LogP contribution in [0.1, 0.15) is 18.1 Å². The van der Waals surface area contributed by atoms with Crippen molar-refractivity contribution in [3.63, 3.8) is 0 Å². The highest BCUT2D eigenvalue weighted by Gasteiger charge is 2.34. The Balaban J connectivity index is 1.88. The summed E-state index contributed by atoms with van der Waals surface area (Å²) in [6.45, 7) is 2.06. The number of benzene rings is 2. The lowest BCUT2D eigenvalue weighted by atomic mass is 10.1. The Morgan fingerprint density at radius 1 is 1.25 bits per heavy atom. The molecule has 1 N–H and O–H groups in total. The number of nitrogens with zero attached hydrogens (tertiary/aromatic N) is 1. The molecule has 0 bridgehead atoms. The minimum absolute atomic E-state index is 0.0602. The molecule has 1 aliphatic rings. The van der Waals surface area contributed by atoms with Crippen molar-refractivity contribution in [2.45, 2.75) is 13.5 Å². The van der Waals surface area contributed by atoms with Crippen molar-refractivity contribution < 1.29 is 23.5 Å². The maximum atomic E-state index is 13.8. The zero-order valence-electron chi connectivity index (χ0n) is 15.3. The van der Waals surface area contributed by atoms with Gasteiger partial charge in [0.05, 0.1) is 25.3 Å². The summed E-state index contributed by atoms with van der Waals surface area (Å²) in [5, 5.41) is 2.81. The van der Waals surface area contributed by atoms with Crippen LogP contribution in [-0.2, 0) is 11.3 Å². The lowest BCUT2D eigenvalue weighted by Gasteiger charge is -2.12. The van der Waals surface area contributed by atoms with E-state index in [0.29, 0.717) is 28.7 Å². The van der Waals surface area contributed by atoms with Gasteiger partial charge in [-0.2, -0.15) is 0 Å². The molecule has 0 unspecified atom stereocenters. The number of amides is 3.